The normalized spacial score (nSPS) is 10.7. The van der Waals surface area contributed by atoms with E-state index in [0.29, 0.717) is 24.2 Å². The Hall–Kier alpha value is -1.68. The van der Waals surface area contributed by atoms with Crippen molar-refractivity contribution in [1.82, 2.24) is 9.55 Å². The molecule has 5 heteroatoms. The van der Waals surface area contributed by atoms with Crippen molar-refractivity contribution in [3.8, 4) is 0 Å². The number of imidazole rings is 1. The fourth-order valence-corrected chi connectivity index (χ4v) is 2.08. The van der Waals surface area contributed by atoms with Gasteiger partial charge in [-0.2, -0.15) is 0 Å². The molecule has 0 bridgehead atoms. The smallest absolute Gasteiger partial charge is 0.179 e. The van der Waals surface area contributed by atoms with Gasteiger partial charge in [0.25, 0.3) is 0 Å². The Morgan fingerprint density at radius 2 is 2.21 bits per heavy atom. The molecule has 0 aliphatic carbocycles. The van der Waals surface area contributed by atoms with Gasteiger partial charge in [0, 0.05) is 19.5 Å². The van der Waals surface area contributed by atoms with E-state index >= 15 is 0 Å². The van der Waals surface area contributed by atoms with Gasteiger partial charge < -0.3 is 4.57 Å². The van der Waals surface area contributed by atoms with E-state index in [9.17, 15) is 9.18 Å². The van der Waals surface area contributed by atoms with Crippen molar-refractivity contribution >= 4 is 17.4 Å². The predicted molar refractivity (Wildman–Crippen MR) is 72.1 cm³/mol. The summed E-state index contributed by atoms with van der Waals surface area (Å²) in [6, 6.07) is 4.70. The van der Waals surface area contributed by atoms with Crippen LogP contribution in [0.3, 0.4) is 0 Å². The van der Waals surface area contributed by atoms with Crippen molar-refractivity contribution < 1.29 is 9.18 Å². The number of aryl methyl sites for hydroxylation is 1. The molecule has 2 rings (SSSR count). The molecule has 0 spiro atoms. The molecule has 3 nitrogen and oxygen atoms in total. The number of hydrogen-bond donors (Lipinski definition) is 0. The lowest BCUT2D eigenvalue weighted by Crippen LogP contribution is -2.04. The molecule has 0 unspecified atom stereocenters. The molecule has 0 fully saturated rings. The van der Waals surface area contributed by atoms with Crippen LogP contribution >= 0.6 is 11.6 Å². The topological polar surface area (TPSA) is 34.9 Å². The first-order valence-corrected chi connectivity index (χ1v) is 6.40. The first-order valence-electron chi connectivity index (χ1n) is 6.02. The van der Waals surface area contributed by atoms with Crippen molar-refractivity contribution in [3.63, 3.8) is 0 Å². The molecule has 0 radical (unpaired) electrons. The maximum absolute atomic E-state index is 13.4. The van der Waals surface area contributed by atoms with E-state index in [4.69, 9.17) is 11.6 Å². The zero-order valence-corrected chi connectivity index (χ0v) is 11.5. The van der Waals surface area contributed by atoms with Gasteiger partial charge in [-0.25, -0.2) is 9.37 Å². The summed E-state index contributed by atoms with van der Waals surface area (Å²) in [4.78, 5) is 15.6. The highest BCUT2D eigenvalue weighted by atomic mass is 35.5. The predicted octanol–water partition coefficient (Wildman–Crippen LogP) is 3.49. The number of carbonyl (C=O) groups excluding carboxylic acids is 1. The van der Waals surface area contributed by atoms with Crippen LogP contribution in [-0.2, 0) is 13.0 Å². The van der Waals surface area contributed by atoms with Crippen LogP contribution in [0.15, 0.2) is 24.4 Å². The summed E-state index contributed by atoms with van der Waals surface area (Å²) in [5.74, 6) is 0.258. The van der Waals surface area contributed by atoms with Crippen molar-refractivity contribution in [2.75, 3.05) is 0 Å². The lowest BCUT2D eigenvalue weighted by atomic mass is 10.2. The van der Waals surface area contributed by atoms with E-state index in [1.54, 1.807) is 18.3 Å². The van der Waals surface area contributed by atoms with Gasteiger partial charge >= 0.3 is 0 Å². The fourth-order valence-electron chi connectivity index (χ4n) is 1.90. The summed E-state index contributed by atoms with van der Waals surface area (Å²) in [5, 5.41) is 0.114. The minimum atomic E-state index is -0.441. The van der Waals surface area contributed by atoms with Gasteiger partial charge in [-0.3, -0.25) is 4.79 Å². The third-order valence-electron chi connectivity index (χ3n) is 2.91. The van der Waals surface area contributed by atoms with Gasteiger partial charge in [0.1, 0.15) is 17.3 Å². The van der Waals surface area contributed by atoms with Crippen molar-refractivity contribution in [1.29, 1.82) is 0 Å². The number of rotatable bonds is 4. The molecule has 0 saturated carbocycles. The third-order valence-corrected chi connectivity index (χ3v) is 3.33. The van der Waals surface area contributed by atoms with Gasteiger partial charge in [-0.1, -0.05) is 30.7 Å². The molecular weight excluding hydrogens is 267 g/mol. The number of benzene rings is 1. The second-order valence-corrected chi connectivity index (χ2v) is 4.67. The van der Waals surface area contributed by atoms with Crippen LogP contribution in [0, 0.1) is 5.82 Å². The van der Waals surface area contributed by atoms with Crippen LogP contribution in [-0.4, -0.2) is 15.3 Å². The molecule has 0 aliphatic rings. The molecule has 0 N–H and O–H groups in total. The SMILES string of the molecule is CCc1nc(C(C)=O)cn1Cc1cccc(F)c1Cl. The molecule has 0 atom stereocenters. The van der Waals surface area contributed by atoms with Crippen LogP contribution in [0.4, 0.5) is 4.39 Å². The van der Waals surface area contributed by atoms with E-state index in [1.807, 2.05) is 11.5 Å². The van der Waals surface area contributed by atoms with E-state index in [2.05, 4.69) is 4.98 Å². The van der Waals surface area contributed by atoms with Crippen LogP contribution in [0.5, 0.6) is 0 Å². The minimum Gasteiger partial charge on any atom is -0.330 e. The first kappa shape index (κ1) is 13.7. The lowest BCUT2D eigenvalue weighted by molar-refractivity contribution is 0.101. The average molecular weight is 281 g/mol. The molecule has 1 aromatic carbocycles. The Balaban J connectivity index is 2.37. The molecule has 19 heavy (non-hydrogen) atoms. The maximum Gasteiger partial charge on any atom is 0.179 e. The molecule has 0 aliphatic heterocycles. The largest absolute Gasteiger partial charge is 0.330 e. The second kappa shape index (κ2) is 5.53. The second-order valence-electron chi connectivity index (χ2n) is 4.29. The highest BCUT2D eigenvalue weighted by Gasteiger charge is 2.12. The molecule has 100 valence electrons. The van der Waals surface area contributed by atoms with Crippen molar-refractivity contribution in [2.45, 2.75) is 26.8 Å². The van der Waals surface area contributed by atoms with Crippen LogP contribution in [0.1, 0.15) is 35.7 Å². The number of ketones is 1. The summed E-state index contributed by atoms with van der Waals surface area (Å²) >= 11 is 5.93. The van der Waals surface area contributed by atoms with Crippen LogP contribution in [0.2, 0.25) is 5.02 Å². The van der Waals surface area contributed by atoms with E-state index in [0.717, 1.165) is 5.82 Å². The molecule has 1 heterocycles. The number of Topliss-reactive ketones (excluding diaryl/α,β-unsaturated/α-hetero) is 1. The molecule has 0 amide bonds. The Labute approximate surface area is 116 Å². The van der Waals surface area contributed by atoms with Gasteiger partial charge in [0.05, 0.1) is 11.6 Å². The standard InChI is InChI=1S/C14H14ClFN2O/c1-3-13-17-12(9(2)19)8-18(13)7-10-5-4-6-11(16)14(10)15/h4-6,8H,3,7H2,1-2H3. The van der Waals surface area contributed by atoms with Gasteiger partial charge in [-0.15, -0.1) is 0 Å². The van der Waals surface area contributed by atoms with Gasteiger partial charge in [0.15, 0.2) is 5.78 Å². The molecule has 2 aromatic rings. The average Bonchev–Trinajstić information content (AvgIpc) is 2.78. The quantitative estimate of drug-likeness (QED) is 0.804. The van der Waals surface area contributed by atoms with E-state index < -0.39 is 5.82 Å². The highest BCUT2D eigenvalue weighted by Crippen LogP contribution is 2.21. The number of halogens is 2. The van der Waals surface area contributed by atoms with E-state index in [-0.39, 0.29) is 10.8 Å². The Bertz CT molecular complexity index is 622. The summed E-state index contributed by atoms with van der Waals surface area (Å²) in [6.07, 6.45) is 2.38. The zero-order valence-electron chi connectivity index (χ0n) is 10.8. The number of aromatic nitrogens is 2. The van der Waals surface area contributed by atoms with Crippen LogP contribution in [0.25, 0.3) is 0 Å². The number of carbonyl (C=O) groups is 1. The van der Waals surface area contributed by atoms with Gasteiger partial charge in [0.2, 0.25) is 0 Å². The van der Waals surface area contributed by atoms with Crippen LogP contribution < -0.4 is 0 Å². The highest BCUT2D eigenvalue weighted by molar-refractivity contribution is 6.31. The van der Waals surface area contributed by atoms with Crippen molar-refractivity contribution in [2.24, 2.45) is 0 Å². The molecule has 1 aromatic heterocycles. The van der Waals surface area contributed by atoms with E-state index in [1.165, 1.54) is 13.0 Å². The maximum atomic E-state index is 13.4. The summed E-state index contributed by atoms with van der Waals surface area (Å²) in [5.41, 5.74) is 1.09. The zero-order chi connectivity index (χ0) is 14.0. The lowest BCUT2D eigenvalue weighted by Gasteiger charge is -2.08. The Morgan fingerprint density at radius 3 is 2.84 bits per heavy atom. The summed E-state index contributed by atoms with van der Waals surface area (Å²) < 4.78 is 15.2. The summed E-state index contributed by atoms with van der Waals surface area (Å²) in [6.45, 7) is 3.83. The number of nitrogens with zero attached hydrogens (tertiary/aromatic N) is 2. The summed E-state index contributed by atoms with van der Waals surface area (Å²) in [7, 11) is 0. The van der Waals surface area contributed by atoms with Crippen molar-refractivity contribution in [3.05, 3.63) is 52.3 Å². The fraction of sp³-hybridized carbons (Fsp3) is 0.286. The first-order chi connectivity index (χ1) is 9.02. The molecule has 0 saturated heterocycles. The third kappa shape index (κ3) is 2.84. The monoisotopic (exact) mass is 280 g/mol. The Morgan fingerprint density at radius 1 is 1.47 bits per heavy atom. The van der Waals surface area contributed by atoms with Gasteiger partial charge in [-0.05, 0) is 11.6 Å². The molecular formula is C14H14ClFN2O. The Kier molecular flexibility index (Phi) is 4.00. The number of hydrogen-bond acceptors (Lipinski definition) is 2. The minimum absolute atomic E-state index is 0.0845.